The van der Waals surface area contributed by atoms with E-state index in [-0.39, 0.29) is 13.0 Å². The van der Waals surface area contributed by atoms with E-state index >= 15 is 0 Å². The first-order valence-corrected chi connectivity index (χ1v) is 5.80. The number of carboxylic acids is 1. The van der Waals surface area contributed by atoms with Crippen molar-refractivity contribution in [2.75, 3.05) is 19.7 Å². The van der Waals surface area contributed by atoms with Crippen LogP contribution in [-0.4, -0.2) is 46.8 Å². The third kappa shape index (κ3) is 4.62. The van der Waals surface area contributed by atoms with Crippen LogP contribution in [0.25, 0.3) is 0 Å². The van der Waals surface area contributed by atoms with E-state index in [9.17, 15) is 4.79 Å². The van der Waals surface area contributed by atoms with Crippen LogP contribution in [0, 0.1) is 0 Å². The van der Waals surface area contributed by atoms with Gasteiger partial charge in [0.1, 0.15) is 0 Å². The topological polar surface area (TPSA) is 60.8 Å². The Kier molecular flexibility index (Phi) is 5.65. The average Bonchev–Trinajstić information content (AvgIpc) is 2.64. The van der Waals surface area contributed by atoms with E-state index in [2.05, 4.69) is 4.90 Å². The van der Waals surface area contributed by atoms with Crippen molar-refractivity contribution < 1.29 is 15.0 Å². The molecule has 1 atom stereocenters. The molecule has 0 aromatic carbocycles. The molecule has 1 aliphatic heterocycles. The molecule has 4 heteroatoms. The van der Waals surface area contributed by atoms with Gasteiger partial charge in [-0.05, 0) is 38.8 Å². The number of aliphatic hydroxyl groups is 1. The predicted molar refractivity (Wildman–Crippen MR) is 57.8 cm³/mol. The molecule has 1 rings (SSSR count). The van der Waals surface area contributed by atoms with Crippen molar-refractivity contribution in [3.05, 3.63) is 0 Å². The normalized spacial score (nSPS) is 22.1. The van der Waals surface area contributed by atoms with Crippen LogP contribution in [0.15, 0.2) is 0 Å². The summed E-state index contributed by atoms with van der Waals surface area (Å²) >= 11 is 0. The number of likely N-dealkylation sites (tertiary alicyclic amines) is 1. The highest BCUT2D eigenvalue weighted by molar-refractivity contribution is 5.66. The van der Waals surface area contributed by atoms with E-state index in [0.29, 0.717) is 6.04 Å². The van der Waals surface area contributed by atoms with Gasteiger partial charge >= 0.3 is 5.97 Å². The van der Waals surface area contributed by atoms with Gasteiger partial charge in [0, 0.05) is 12.5 Å². The molecule has 2 N–H and O–H groups in total. The molecule has 0 radical (unpaired) electrons. The number of carboxylic acid groups (broad SMARTS) is 1. The molecule has 0 unspecified atom stereocenters. The first-order chi connectivity index (χ1) is 7.24. The van der Waals surface area contributed by atoms with Crippen LogP contribution in [-0.2, 0) is 4.79 Å². The summed E-state index contributed by atoms with van der Waals surface area (Å²) in [7, 11) is 0. The SMILES string of the molecule is O=C(O)CCCCCN1CCC[C@H]1CO. The second-order valence-electron chi connectivity index (χ2n) is 4.22. The van der Waals surface area contributed by atoms with Gasteiger partial charge in [0.05, 0.1) is 6.61 Å². The molecule has 0 aliphatic carbocycles. The fraction of sp³-hybridized carbons (Fsp3) is 0.909. The maximum atomic E-state index is 10.3. The minimum Gasteiger partial charge on any atom is -0.481 e. The summed E-state index contributed by atoms with van der Waals surface area (Å²) in [6.45, 7) is 2.35. The van der Waals surface area contributed by atoms with Crippen LogP contribution in [0.4, 0.5) is 0 Å². The predicted octanol–water partition coefficient (Wildman–Crippen LogP) is 1.09. The third-order valence-electron chi connectivity index (χ3n) is 3.05. The molecule has 4 nitrogen and oxygen atoms in total. The average molecular weight is 215 g/mol. The summed E-state index contributed by atoms with van der Waals surface area (Å²) in [4.78, 5) is 12.6. The molecule has 1 aliphatic rings. The van der Waals surface area contributed by atoms with E-state index < -0.39 is 5.97 Å². The van der Waals surface area contributed by atoms with Gasteiger partial charge in [-0.25, -0.2) is 0 Å². The van der Waals surface area contributed by atoms with Crippen molar-refractivity contribution >= 4 is 5.97 Å². The van der Waals surface area contributed by atoms with Crippen LogP contribution in [0.5, 0.6) is 0 Å². The quantitative estimate of drug-likeness (QED) is 0.624. The van der Waals surface area contributed by atoms with Gasteiger partial charge in [-0.2, -0.15) is 0 Å². The number of hydrogen-bond acceptors (Lipinski definition) is 3. The highest BCUT2D eigenvalue weighted by Crippen LogP contribution is 2.17. The monoisotopic (exact) mass is 215 g/mol. The Morgan fingerprint density at radius 2 is 2.13 bits per heavy atom. The zero-order valence-electron chi connectivity index (χ0n) is 9.19. The fourth-order valence-electron chi connectivity index (χ4n) is 2.16. The molecule has 1 fully saturated rings. The fourth-order valence-corrected chi connectivity index (χ4v) is 2.16. The van der Waals surface area contributed by atoms with Crippen LogP contribution < -0.4 is 0 Å². The van der Waals surface area contributed by atoms with Crippen molar-refractivity contribution in [3.8, 4) is 0 Å². The van der Waals surface area contributed by atoms with Crippen molar-refractivity contribution in [1.29, 1.82) is 0 Å². The summed E-state index contributed by atoms with van der Waals surface area (Å²) in [5.74, 6) is -0.704. The van der Waals surface area contributed by atoms with Crippen molar-refractivity contribution in [2.45, 2.75) is 44.6 Å². The third-order valence-corrected chi connectivity index (χ3v) is 3.05. The second kappa shape index (κ2) is 6.80. The highest BCUT2D eigenvalue weighted by Gasteiger charge is 2.22. The number of rotatable bonds is 7. The van der Waals surface area contributed by atoms with E-state index in [1.807, 2.05) is 0 Å². The van der Waals surface area contributed by atoms with Gasteiger partial charge in [0.15, 0.2) is 0 Å². The molecule has 1 heterocycles. The Balaban J connectivity index is 2.02. The molecular formula is C11H21NO3. The number of carbonyl (C=O) groups is 1. The van der Waals surface area contributed by atoms with Crippen molar-refractivity contribution in [1.82, 2.24) is 4.90 Å². The smallest absolute Gasteiger partial charge is 0.303 e. The second-order valence-corrected chi connectivity index (χ2v) is 4.22. The number of nitrogens with zero attached hydrogens (tertiary/aromatic N) is 1. The Morgan fingerprint density at radius 3 is 2.80 bits per heavy atom. The minimum absolute atomic E-state index is 0.259. The molecule has 0 spiro atoms. The van der Waals surface area contributed by atoms with Crippen molar-refractivity contribution in [3.63, 3.8) is 0 Å². The van der Waals surface area contributed by atoms with Crippen molar-refractivity contribution in [2.24, 2.45) is 0 Å². The summed E-state index contributed by atoms with van der Waals surface area (Å²) in [6, 6.07) is 0.351. The van der Waals surface area contributed by atoms with Gasteiger partial charge in [-0.15, -0.1) is 0 Å². The first-order valence-electron chi connectivity index (χ1n) is 5.80. The lowest BCUT2D eigenvalue weighted by molar-refractivity contribution is -0.137. The lowest BCUT2D eigenvalue weighted by atomic mass is 10.2. The number of aliphatic carboxylic acids is 1. The molecule has 0 bridgehead atoms. The number of unbranched alkanes of at least 4 members (excludes halogenated alkanes) is 2. The molecule has 0 aromatic rings. The Bertz CT molecular complexity index is 196. The van der Waals surface area contributed by atoms with Crippen LogP contribution >= 0.6 is 0 Å². The largest absolute Gasteiger partial charge is 0.481 e. The maximum Gasteiger partial charge on any atom is 0.303 e. The zero-order chi connectivity index (χ0) is 11.1. The number of aliphatic hydroxyl groups excluding tert-OH is 1. The van der Waals surface area contributed by atoms with Crippen LogP contribution in [0.1, 0.15) is 38.5 Å². The summed E-state index contributed by atoms with van der Waals surface area (Å²) < 4.78 is 0. The van der Waals surface area contributed by atoms with E-state index in [0.717, 1.165) is 38.8 Å². The standard InChI is InChI=1S/C11H21NO3/c13-9-10-5-4-8-12(10)7-3-1-2-6-11(14)15/h10,13H,1-9H2,(H,14,15)/t10-/m0/s1. The lowest BCUT2D eigenvalue weighted by Crippen LogP contribution is -2.32. The highest BCUT2D eigenvalue weighted by atomic mass is 16.4. The molecule has 0 aromatic heterocycles. The molecular weight excluding hydrogens is 194 g/mol. The maximum absolute atomic E-state index is 10.3. The van der Waals surface area contributed by atoms with Gasteiger partial charge < -0.3 is 10.2 Å². The minimum atomic E-state index is -0.704. The first kappa shape index (κ1) is 12.5. The summed E-state index contributed by atoms with van der Waals surface area (Å²) in [5, 5.41) is 17.6. The van der Waals surface area contributed by atoms with E-state index in [1.54, 1.807) is 0 Å². The Hall–Kier alpha value is -0.610. The van der Waals surface area contributed by atoms with E-state index in [4.69, 9.17) is 10.2 Å². The van der Waals surface area contributed by atoms with Crippen LogP contribution in [0.2, 0.25) is 0 Å². The van der Waals surface area contributed by atoms with Gasteiger partial charge in [-0.3, -0.25) is 9.69 Å². The van der Waals surface area contributed by atoms with Gasteiger partial charge in [0.25, 0.3) is 0 Å². The summed E-state index contributed by atoms with van der Waals surface area (Å²) in [6.07, 6.45) is 5.35. The summed E-state index contributed by atoms with van der Waals surface area (Å²) in [5.41, 5.74) is 0. The van der Waals surface area contributed by atoms with E-state index in [1.165, 1.54) is 6.42 Å². The Morgan fingerprint density at radius 1 is 1.33 bits per heavy atom. The van der Waals surface area contributed by atoms with Gasteiger partial charge in [0.2, 0.25) is 0 Å². The molecule has 88 valence electrons. The van der Waals surface area contributed by atoms with Gasteiger partial charge in [-0.1, -0.05) is 6.42 Å². The molecule has 0 saturated carbocycles. The number of hydrogen-bond donors (Lipinski definition) is 2. The Labute approximate surface area is 90.9 Å². The van der Waals surface area contributed by atoms with Crippen LogP contribution in [0.3, 0.4) is 0 Å². The molecule has 0 amide bonds. The molecule has 1 saturated heterocycles. The zero-order valence-corrected chi connectivity index (χ0v) is 9.19. The molecule has 15 heavy (non-hydrogen) atoms. The lowest BCUT2D eigenvalue weighted by Gasteiger charge is -2.22.